The smallest absolute Gasteiger partial charge is 0.312 e. The van der Waals surface area contributed by atoms with E-state index in [2.05, 4.69) is 13.5 Å². The van der Waals surface area contributed by atoms with Crippen LogP contribution in [0.25, 0.3) is 0 Å². The lowest BCUT2D eigenvalue weighted by Crippen LogP contribution is -2.62. The summed E-state index contributed by atoms with van der Waals surface area (Å²) in [5, 5.41) is 84.0. The molecule has 4 saturated carbocycles. The minimum absolute atomic E-state index is 0.0268. The molecule has 0 aromatic heterocycles. The van der Waals surface area contributed by atoms with Crippen molar-refractivity contribution in [3.8, 4) is 0 Å². The van der Waals surface area contributed by atoms with Crippen LogP contribution in [0, 0.1) is 34.0 Å². The molecule has 66 heavy (non-hydrogen) atoms. The van der Waals surface area contributed by atoms with E-state index in [4.69, 9.17) is 72.7 Å². The van der Waals surface area contributed by atoms with E-state index in [0.717, 1.165) is 44.1 Å². The Labute approximate surface area is 401 Å². The van der Waals surface area contributed by atoms with E-state index in [1.165, 1.54) is 0 Å². The van der Waals surface area contributed by atoms with E-state index in [1.807, 2.05) is 13.8 Å². The van der Waals surface area contributed by atoms with Crippen molar-refractivity contribution >= 4 is 40.8 Å². The second-order valence-electron chi connectivity index (χ2n) is 21.3. The summed E-state index contributed by atoms with van der Waals surface area (Å²) in [6, 6.07) is 0. The van der Waals surface area contributed by atoms with Gasteiger partial charge in [0.1, 0.15) is 49.3 Å². The molecule has 2 bridgehead atoms. The number of fused-ring (bicyclic) bond motifs is 3. The number of carbonyl (C=O) groups is 1. The van der Waals surface area contributed by atoms with E-state index in [-0.39, 0.29) is 61.0 Å². The Hall–Kier alpha value is -0.520. The van der Waals surface area contributed by atoms with Gasteiger partial charge in [0.15, 0.2) is 18.9 Å². The van der Waals surface area contributed by atoms with E-state index >= 15 is 0 Å². The minimum Gasteiger partial charge on any atom is -0.462 e. The van der Waals surface area contributed by atoms with Crippen molar-refractivity contribution in [3.63, 3.8) is 0 Å². The molecule has 4 aliphatic carbocycles. The van der Waals surface area contributed by atoms with Crippen LogP contribution in [0.3, 0.4) is 0 Å². The first-order chi connectivity index (χ1) is 31.2. The lowest BCUT2D eigenvalue weighted by molar-refractivity contribution is -0.358. The largest absolute Gasteiger partial charge is 0.462 e. The van der Waals surface area contributed by atoms with Crippen molar-refractivity contribution in [1.29, 1.82) is 0 Å². The first-order valence-electron chi connectivity index (χ1n) is 23.8. The molecule has 17 nitrogen and oxygen atoms in total. The second-order valence-corrected chi connectivity index (χ2v) is 22.4. The van der Waals surface area contributed by atoms with Crippen LogP contribution in [0.2, 0.25) is 0 Å². The molecule has 0 aromatic rings. The Morgan fingerprint density at radius 2 is 1.56 bits per heavy atom. The number of hydrogen-bond donors (Lipinski definition) is 8. The molecule has 8 N–H and O–H groups in total. The van der Waals surface area contributed by atoms with Gasteiger partial charge in [0.25, 0.3) is 0 Å². The van der Waals surface area contributed by atoms with Crippen LogP contribution in [0.4, 0.5) is 0 Å². The number of rotatable bonds is 14. The van der Waals surface area contributed by atoms with Crippen LogP contribution < -0.4 is 0 Å². The zero-order valence-corrected chi connectivity index (χ0v) is 40.3. The molecule has 0 aromatic carbocycles. The van der Waals surface area contributed by atoms with E-state index in [9.17, 15) is 45.6 Å². The monoisotopic (exact) mass is 1000 g/mol. The molecule has 0 radical (unpaired) electrons. The van der Waals surface area contributed by atoms with Gasteiger partial charge >= 0.3 is 5.97 Å². The minimum atomic E-state index is -2.01. The lowest BCUT2D eigenvalue weighted by atomic mass is 9.41. The molecular weight excluding hydrogens is 931 g/mol. The molecule has 23 atom stereocenters. The zero-order valence-electron chi connectivity index (χ0n) is 38.0. The first-order valence-corrected chi connectivity index (χ1v) is 25.3. The third-order valence-electron chi connectivity index (χ3n) is 17.3. The average molecular weight is 1000 g/mol. The van der Waals surface area contributed by atoms with Crippen LogP contribution in [0.15, 0.2) is 12.2 Å². The lowest BCUT2D eigenvalue weighted by Gasteiger charge is -2.64. The van der Waals surface area contributed by atoms with Crippen molar-refractivity contribution in [1.82, 2.24) is 0 Å². The number of esters is 1. The van der Waals surface area contributed by atoms with Gasteiger partial charge in [0, 0.05) is 24.6 Å². The van der Waals surface area contributed by atoms with Crippen LogP contribution in [-0.2, 0) is 42.7 Å². The molecule has 378 valence electrons. The molecule has 8 fully saturated rings. The Kier molecular flexibility index (Phi) is 15.6. The molecule has 8 rings (SSSR count). The fourth-order valence-electron chi connectivity index (χ4n) is 13.9. The number of aliphatic hydroxyl groups excluding tert-OH is 8. The fourth-order valence-corrected chi connectivity index (χ4v) is 14.7. The third-order valence-corrected chi connectivity index (χ3v) is 18.5. The predicted molar refractivity (Wildman–Crippen MR) is 235 cm³/mol. The van der Waals surface area contributed by atoms with Crippen LogP contribution in [0.5, 0.6) is 0 Å². The SMILES string of the molecule is C=C1C[C@@]23CC[C@H]4[C@@](C)(CCC[C@@]4(C)C(=O)OC[C@H]4O[C@H](O[C@]5(CCl)O[C@H](CCCl)[C@@H](O)[C@@H]5O)[C@H](O)[C@@H](O)[C@H]4Cl)[C@@H]2CC[C@]1(O[C@@H]1O[C@H](CO)[C@@H](O)[C@H](O[C@H]2C[C@@H](O)C[C@@H](CO)O2)[C@H]1C)C3. The van der Waals surface area contributed by atoms with Crippen molar-refractivity contribution in [3.05, 3.63) is 12.2 Å². The van der Waals surface area contributed by atoms with Gasteiger partial charge in [-0.15, -0.1) is 34.8 Å². The highest BCUT2D eigenvalue weighted by molar-refractivity contribution is 6.21. The molecule has 4 saturated heterocycles. The summed E-state index contributed by atoms with van der Waals surface area (Å²) in [7, 11) is 0. The maximum Gasteiger partial charge on any atom is 0.312 e. The number of carbonyl (C=O) groups excluding carboxylic acids is 1. The Morgan fingerprint density at radius 1 is 0.833 bits per heavy atom. The quantitative estimate of drug-likeness (QED) is 0.0538. The molecule has 8 aliphatic rings. The van der Waals surface area contributed by atoms with Gasteiger partial charge in [-0.2, -0.15) is 0 Å². The van der Waals surface area contributed by atoms with Gasteiger partial charge in [-0.05, 0) is 93.0 Å². The van der Waals surface area contributed by atoms with Crippen molar-refractivity contribution in [2.24, 2.45) is 34.0 Å². The molecule has 4 aliphatic heterocycles. The Morgan fingerprint density at radius 3 is 2.26 bits per heavy atom. The molecular formula is C46H71Cl3O17. The molecule has 1 spiro atoms. The second kappa shape index (κ2) is 19.8. The van der Waals surface area contributed by atoms with Crippen LogP contribution in [0.1, 0.15) is 97.8 Å². The molecule has 20 heteroatoms. The molecule has 4 heterocycles. The number of alkyl halides is 3. The van der Waals surface area contributed by atoms with Crippen molar-refractivity contribution in [2.45, 2.75) is 201 Å². The van der Waals surface area contributed by atoms with Gasteiger partial charge in [0.2, 0.25) is 5.79 Å². The summed E-state index contributed by atoms with van der Waals surface area (Å²) < 4.78 is 49.3. The summed E-state index contributed by atoms with van der Waals surface area (Å²) in [4.78, 5) is 14.5. The average Bonchev–Trinajstić information content (AvgIpc) is 3.64. The Balaban J connectivity index is 0.933. The van der Waals surface area contributed by atoms with Crippen molar-refractivity contribution < 1.29 is 83.5 Å². The number of ether oxygens (including phenoxy) is 8. The van der Waals surface area contributed by atoms with Crippen LogP contribution >= 0.6 is 34.8 Å². The maximum absolute atomic E-state index is 14.5. The highest BCUT2D eigenvalue weighted by atomic mass is 35.5. The standard InChI is InChI=1S/C46H71Cl3O17/c1-22-16-44-11-6-29-42(3,30(44)7-12-45(22,20-44)65-39-23(2)37(33(53)27(18-51)61-39)63-31-15-24(52)14-25(17-50)60-31)9-5-10-43(29,4)41(58)59-19-28-32(49)35(55)36(56)40(62-28)66-46(21-48)38(57)34(54)26(64-46)8-13-47/h23-40,50-57H,1,5-21H2,2-4H3/t23-,24+,25+,26-,27-,28-,29+,30+,31+,32+,33-,34-,35+,36-,37-,38+,39+,40-,42-,43-,44-,45+,46+/m1/s1. The number of halogens is 3. The predicted octanol–water partition coefficient (Wildman–Crippen LogP) is 2.35. The van der Waals surface area contributed by atoms with Gasteiger partial charge in [-0.25, -0.2) is 0 Å². The zero-order chi connectivity index (χ0) is 47.7. The maximum atomic E-state index is 14.5. The van der Waals surface area contributed by atoms with E-state index in [1.54, 1.807) is 0 Å². The number of hydrogen-bond acceptors (Lipinski definition) is 17. The third kappa shape index (κ3) is 8.94. The van der Waals surface area contributed by atoms with Crippen LogP contribution in [-0.4, -0.2) is 181 Å². The summed E-state index contributed by atoms with van der Waals surface area (Å²) in [5.74, 6) is -3.06. The van der Waals surface area contributed by atoms with E-state index in [0.29, 0.717) is 19.3 Å². The topological polar surface area (TPSA) is 253 Å². The summed E-state index contributed by atoms with van der Waals surface area (Å²) in [6.07, 6.45) is -8.69. The van der Waals surface area contributed by atoms with Gasteiger partial charge < -0.3 is 78.7 Å². The summed E-state index contributed by atoms with van der Waals surface area (Å²) >= 11 is 18.7. The Bertz CT molecular complexity index is 1740. The molecule has 0 amide bonds. The van der Waals surface area contributed by atoms with E-state index < -0.39 is 133 Å². The van der Waals surface area contributed by atoms with Gasteiger partial charge in [0.05, 0.1) is 59.9 Å². The number of aliphatic hydroxyl groups is 8. The van der Waals surface area contributed by atoms with Gasteiger partial charge in [-0.1, -0.05) is 26.8 Å². The van der Waals surface area contributed by atoms with Crippen molar-refractivity contribution in [2.75, 3.05) is 31.6 Å². The summed E-state index contributed by atoms with van der Waals surface area (Å²) in [5.41, 5.74) is -1.01. The fraction of sp³-hybridized carbons (Fsp3) is 0.935. The molecule has 0 unspecified atom stereocenters. The normalized spacial score (nSPS) is 52.7. The first kappa shape index (κ1) is 51.8. The highest BCUT2D eigenvalue weighted by Gasteiger charge is 2.69. The van der Waals surface area contributed by atoms with Gasteiger partial charge in [-0.3, -0.25) is 4.79 Å². The summed E-state index contributed by atoms with van der Waals surface area (Å²) in [6.45, 7) is 9.64. The highest BCUT2D eigenvalue weighted by Crippen LogP contribution is 2.74.